The van der Waals surface area contributed by atoms with Gasteiger partial charge in [-0.05, 0) is 0 Å². The Morgan fingerprint density at radius 1 is 1.50 bits per heavy atom. The highest BCUT2D eigenvalue weighted by molar-refractivity contribution is 5.14. The molecule has 2 N–H and O–H groups in total. The van der Waals surface area contributed by atoms with E-state index in [0.29, 0.717) is 4.68 Å². The van der Waals surface area contributed by atoms with Gasteiger partial charge in [-0.25, -0.2) is 4.68 Å². The Hall–Kier alpha value is -1.62. The lowest BCUT2D eigenvalue weighted by atomic mass is 10.3. The van der Waals surface area contributed by atoms with E-state index in [-0.39, 0.29) is 12.2 Å². The average molecular weight is 205 g/mol. The van der Waals surface area contributed by atoms with E-state index in [9.17, 15) is 13.2 Å². The molecular formula is C6H6F3N5. The van der Waals surface area contributed by atoms with Gasteiger partial charge in [-0.2, -0.15) is 18.4 Å². The molecule has 0 radical (unpaired) electrons. The van der Waals surface area contributed by atoms with Crippen LogP contribution in [0.2, 0.25) is 0 Å². The molecule has 1 aromatic rings. The third kappa shape index (κ3) is 1.82. The summed E-state index contributed by atoms with van der Waals surface area (Å²) in [4.78, 5) is 0. The molecule has 0 bridgehead atoms. The minimum atomic E-state index is -4.59. The number of nitrogens with two attached hydrogens (primary N) is 1. The maximum absolute atomic E-state index is 12.4. The molecule has 14 heavy (non-hydrogen) atoms. The topological polar surface area (TPSA) is 80.5 Å². The fourth-order valence-electron chi connectivity index (χ4n) is 0.974. The number of aromatic nitrogens is 3. The number of hydrogen-bond donors (Lipinski definition) is 1. The van der Waals surface area contributed by atoms with E-state index in [1.54, 1.807) is 6.07 Å². The van der Waals surface area contributed by atoms with Crippen molar-refractivity contribution in [1.29, 1.82) is 5.26 Å². The smallest absolute Gasteiger partial charge is 0.325 e. The molecule has 0 atom stereocenters. The van der Waals surface area contributed by atoms with Crippen LogP contribution in [-0.2, 0) is 19.3 Å². The second-order valence-corrected chi connectivity index (χ2v) is 2.40. The summed E-state index contributed by atoms with van der Waals surface area (Å²) in [6, 6.07) is 1.55. The van der Waals surface area contributed by atoms with E-state index in [0.717, 1.165) is 0 Å². The molecule has 8 heteroatoms. The fraction of sp³-hybridized carbons (Fsp3) is 0.500. The minimum Gasteiger partial charge on any atom is -0.325 e. The highest BCUT2D eigenvalue weighted by Gasteiger charge is 2.38. The molecule has 0 aliphatic carbocycles. The van der Waals surface area contributed by atoms with Crippen LogP contribution in [0, 0.1) is 11.3 Å². The standard InChI is InChI=1S/C6H6F3N5/c7-6(8,9)5-4(3-11)12-13-14(5)2-1-10/h2-3,11H2. The van der Waals surface area contributed by atoms with Gasteiger partial charge in [-0.1, -0.05) is 5.21 Å². The Balaban J connectivity index is 3.21. The molecule has 1 rings (SSSR count). The van der Waals surface area contributed by atoms with E-state index >= 15 is 0 Å². The number of nitrogens with zero attached hydrogens (tertiary/aromatic N) is 4. The van der Waals surface area contributed by atoms with Crippen molar-refractivity contribution in [3.05, 3.63) is 11.4 Å². The van der Waals surface area contributed by atoms with E-state index in [1.807, 2.05) is 0 Å². The van der Waals surface area contributed by atoms with Crippen LogP contribution in [0.5, 0.6) is 0 Å². The molecular weight excluding hydrogens is 199 g/mol. The maximum Gasteiger partial charge on any atom is 0.435 e. The van der Waals surface area contributed by atoms with Crippen LogP contribution in [0.25, 0.3) is 0 Å². The Morgan fingerprint density at radius 3 is 2.57 bits per heavy atom. The van der Waals surface area contributed by atoms with Crippen molar-refractivity contribution >= 4 is 0 Å². The van der Waals surface area contributed by atoms with Gasteiger partial charge in [0.1, 0.15) is 12.2 Å². The molecule has 0 aromatic carbocycles. The quantitative estimate of drug-likeness (QED) is 0.751. The predicted molar refractivity (Wildman–Crippen MR) is 38.5 cm³/mol. The highest BCUT2D eigenvalue weighted by atomic mass is 19.4. The van der Waals surface area contributed by atoms with E-state index in [2.05, 4.69) is 10.3 Å². The molecule has 0 amide bonds. The SMILES string of the molecule is N#CCn1nnc(CN)c1C(F)(F)F. The summed E-state index contributed by atoms with van der Waals surface area (Å²) in [5.74, 6) is 0. The van der Waals surface area contributed by atoms with Crippen LogP contribution in [0.4, 0.5) is 13.2 Å². The lowest BCUT2D eigenvalue weighted by molar-refractivity contribution is -0.144. The van der Waals surface area contributed by atoms with Crippen molar-refractivity contribution in [1.82, 2.24) is 15.0 Å². The Kier molecular flexibility index (Phi) is 2.71. The largest absolute Gasteiger partial charge is 0.435 e. The Labute approximate surface area is 76.9 Å². The number of rotatable bonds is 2. The molecule has 0 aliphatic rings. The second kappa shape index (κ2) is 3.63. The van der Waals surface area contributed by atoms with Gasteiger partial charge in [0.15, 0.2) is 5.69 Å². The number of nitriles is 1. The zero-order valence-corrected chi connectivity index (χ0v) is 6.91. The molecule has 76 valence electrons. The Bertz CT molecular complexity index is 361. The molecule has 5 nitrogen and oxygen atoms in total. The fourth-order valence-corrected chi connectivity index (χ4v) is 0.974. The van der Waals surface area contributed by atoms with Crippen LogP contribution in [0.1, 0.15) is 11.4 Å². The van der Waals surface area contributed by atoms with Gasteiger partial charge in [-0.3, -0.25) is 0 Å². The zero-order valence-electron chi connectivity index (χ0n) is 6.91. The van der Waals surface area contributed by atoms with Gasteiger partial charge in [0.25, 0.3) is 0 Å². The summed E-state index contributed by atoms with van der Waals surface area (Å²) in [6.45, 7) is -0.859. The van der Waals surface area contributed by atoms with Crippen LogP contribution in [0.3, 0.4) is 0 Å². The normalized spacial score (nSPS) is 11.4. The van der Waals surface area contributed by atoms with Gasteiger partial charge in [0, 0.05) is 6.54 Å². The van der Waals surface area contributed by atoms with Crippen LogP contribution >= 0.6 is 0 Å². The molecule has 0 fully saturated rings. The van der Waals surface area contributed by atoms with Crippen molar-refractivity contribution in [2.24, 2.45) is 5.73 Å². The zero-order chi connectivity index (χ0) is 10.8. The first-order chi connectivity index (χ1) is 6.50. The molecule has 1 heterocycles. The van der Waals surface area contributed by atoms with Crippen molar-refractivity contribution < 1.29 is 13.2 Å². The highest BCUT2D eigenvalue weighted by Crippen LogP contribution is 2.30. The molecule has 0 spiro atoms. The van der Waals surface area contributed by atoms with Gasteiger partial charge < -0.3 is 5.73 Å². The Morgan fingerprint density at radius 2 is 2.14 bits per heavy atom. The van der Waals surface area contributed by atoms with Crippen LogP contribution in [-0.4, -0.2) is 15.0 Å². The summed E-state index contributed by atoms with van der Waals surface area (Å²) in [5, 5.41) is 14.7. The molecule has 0 saturated carbocycles. The van der Waals surface area contributed by atoms with E-state index in [1.165, 1.54) is 0 Å². The van der Waals surface area contributed by atoms with E-state index in [4.69, 9.17) is 11.0 Å². The van der Waals surface area contributed by atoms with Gasteiger partial charge in [0.2, 0.25) is 0 Å². The van der Waals surface area contributed by atoms with Crippen LogP contribution in [0.15, 0.2) is 0 Å². The first-order valence-corrected chi connectivity index (χ1v) is 3.57. The van der Waals surface area contributed by atoms with E-state index < -0.39 is 18.4 Å². The lowest BCUT2D eigenvalue weighted by Crippen LogP contribution is -2.17. The predicted octanol–water partition coefficient (Wildman–Crippen LogP) is 0.279. The van der Waals surface area contributed by atoms with Crippen molar-refractivity contribution in [3.8, 4) is 6.07 Å². The van der Waals surface area contributed by atoms with Gasteiger partial charge in [-0.15, -0.1) is 5.10 Å². The summed E-state index contributed by atoms with van der Waals surface area (Å²) in [5.41, 5.74) is 3.65. The maximum atomic E-state index is 12.4. The number of alkyl halides is 3. The monoisotopic (exact) mass is 205 g/mol. The van der Waals surface area contributed by atoms with Crippen molar-refractivity contribution in [2.45, 2.75) is 19.3 Å². The molecule has 0 aliphatic heterocycles. The molecule has 1 aromatic heterocycles. The average Bonchev–Trinajstić information content (AvgIpc) is 2.47. The minimum absolute atomic E-state index is 0.354. The van der Waals surface area contributed by atoms with Crippen molar-refractivity contribution in [3.63, 3.8) is 0 Å². The summed E-state index contributed by atoms with van der Waals surface area (Å²) < 4.78 is 37.6. The van der Waals surface area contributed by atoms with Crippen molar-refractivity contribution in [2.75, 3.05) is 0 Å². The molecule has 0 saturated heterocycles. The first kappa shape index (κ1) is 10.5. The second-order valence-electron chi connectivity index (χ2n) is 2.40. The summed E-state index contributed by atoms with van der Waals surface area (Å²) in [7, 11) is 0. The number of halogens is 3. The number of hydrogen-bond acceptors (Lipinski definition) is 4. The summed E-state index contributed by atoms with van der Waals surface area (Å²) in [6.07, 6.45) is -4.59. The molecule has 0 unspecified atom stereocenters. The first-order valence-electron chi connectivity index (χ1n) is 3.57. The third-order valence-corrected chi connectivity index (χ3v) is 1.49. The lowest BCUT2D eigenvalue weighted by Gasteiger charge is -2.07. The summed E-state index contributed by atoms with van der Waals surface area (Å²) >= 11 is 0. The third-order valence-electron chi connectivity index (χ3n) is 1.49. The van der Waals surface area contributed by atoms with Gasteiger partial charge in [0.05, 0.1) is 6.07 Å². The van der Waals surface area contributed by atoms with Crippen LogP contribution < -0.4 is 5.73 Å². The van der Waals surface area contributed by atoms with Gasteiger partial charge >= 0.3 is 6.18 Å².